The fourth-order valence-electron chi connectivity index (χ4n) is 4.67. The monoisotopic (exact) mass is 411 g/mol. The molecule has 6 nitrogen and oxygen atoms in total. The fourth-order valence-corrected chi connectivity index (χ4v) is 4.67. The topological polar surface area (TPSA) is 69.7 Å². The number of piperidine rings is 2. The van der Waals surface area contributed by atoms with E-state index in [0.717, 1.165) is 51.5 Å². The van der Waals surface area contributed by atoms with Crippen molar-refractivity contribution in [2.45, 2.75) is 57.4 Å². The third-order valence-electron chi connectivity index (χ3n) is 6.66. The molecule has 1 saturated carbocycles. The molecule has 0 aromatic heterocycles. The van der Waals surface area contributed by atoms with E-state index in [-0.39, 0.29) is 35.6 Å². The van der Waals surface area contributed by atoms with E-state index in [2.05, 4.69) is 5.32 Å². The van der Waals surface area contributed by atoms with Crippen LogP contribution in [0.5, 0.6) is 0 Å². The van der Waals surface area contributed by atoms with Gasteiger partial charge in [-0.05, 0) is 50.5 Å². The predicted molar refractivity (Wildman–Crippen MR) is 115 cm³/mol. The summed E-state index contributed by atoms with van der Waals surface area (Å²) >= 11 is 0. The summed E-state index contributed by atoms with van der Waals surface area (Å²) in [6.45, 7) is 2.77. The maximum absolute atomic E-state index is 13.0. The van der Waals surface area contributed by atoms with E-state index >= 15 is 0 Å². The molecule has 1 unspecified atom stereocenters. The molecule has 2 heterocycles. The Bertz CT molecular complexity index is 754. The molecule has 1 aromatic rings. The number of carbonyl (C=O) groups is 3. The van der Waals surface area contributed by atoms with E-state index in [1.165, 1.54) is 5.56 Å². The summed E-state index contributed by atoms with van der Waals surface area (Å²) in [5, 5.41) is 3.14. The molecule has 2 aliphatic heterocycles. The molecule has 2 saturated heterocycles. The zero-order valence-corrected chi connectivity index (χ0v) is 17.7. The van der Waals surface area contributed by atoms with Gasteiger partial charge in [-0.1, -0.05) is 30.3 Å². The number of amides is 3. The van der Waals surface area contributed by atoms with E-state index in [0.29, 0.717) is 26.1 Å². The van der Waals surface area contributed by atoms with Crippen molar-refractivity contribution in [2.24, 2.45) is 11.8 Å². The number of hydrogen-bond acceptors (Lipinski definition) is 3. The zero-order valence-electron chi connectivity index (χ0n) is 17.7. The summed E-state index contributed by atoms with van der Waals surface area (Å²) in [4.78, 5) is 41.5. The van der Waals surface area contributed by atoms with Gasteiger partial charge in [-0.3, -0.25) is 14.4 Å². The van der Waals surface area contributed by atoms with E-state index in [1.54, 1.807) is 0 Å². The van der Waals surface area contributed by atoms with E-state index in [4.69, 9.17) is 0 Å². The molecule has 1 aromatic carbocycles. The van der Waals surface area contributed by atoms with Gasteiger partial charge in [0.05, 0.1) is 5.92 Å². The van der Waals surface area contributed by atoms with Gasteiger partial charge in [0.2, 0.25) is 17.7 Å². The molecule has 3 fully saturated rings. The third-order valence-corrected chi connectivity index (χ3v) is 6.66. The fraction of sp³-hybridized carbons (Fsp3) is 0.625. The van der Waals surface area contributed by atoms with Gasteiger partial charge in [-0.25, -0.2) is 0 Å². The smallest absolute Gasteiger partial charge is 0.227 e. The Morgan fingerprint density at radius 2 is 1.53 bits per heavy atom. The van der Waals surface area contributed by atoms with Crippen LogP contribution in [0.2, 0.25) is 0 Å². The summed E-state index contributed by atoms with van der Waals surface area (Å²) in [6, 6.07) is 10.2. The van der Waals surface area contributed by atoms with Crippen LogP contribution < -0.4 is 5.32 Å². The summed E-state index contributed by atoms with van der Waals surface area (Å²) in [6.07, 6.45) is 6.68. The van der Waals surface area contributed by atoms with Crippen LogP contribution in [0.15, 0.2) is 30.3 Å². The normalized spacial score (nSPS) is 22.6. The van der Waals surface area contributed by atoms with Crippen LogP contribution in [0.4, 0.5) is 0 Å². The average Bonchev–Trinajstić information content (AvgIpc) is 3.63. The minimum atomic E-state index is -0.0570. The lowest BCUT2D eigenvalue weighted by Crippen LogP contribution is -2.51. The van der Waals surface area contributed by atoms with Gasteiger partial charge in [-0.2, -0.15) is 0 Å². The molecule has 0 radical (unpaired) electrons. The number of carbonyl (C=O) groups excluding carboxylic acids is 3. The van der Waals surface area contributed by atoms with Crippen molar-refractivity contribution in [1.29, 1.82) is 0 Å². The Morgan fingerprint density at radius 3 is 2.23 bits per heavy atom. The predicted octanol–water partition coefficient (Wildman–Crippen LogP) is 2.38. The molecule has 0 bridgehead atoms. The summed E-state index contributed by atoms with van der Waals surface area (Å²) in [5.41, 5.74) is 1.18. The minimum Gasteiger partial charge on any atom is -0.353 e. The van der Waals surface area contributed by atoms with Crippen molar-refractivity contribution in [2.75, 3.05) is 26.2 Å². The molecule has 1 aliphatic carbocycles. The number of hydrogen-bond donors (Lipinski definition) is 1. The van der Waals surface area contributed by atoms with Gasteiger partial charge in [0.25, 0.3) is 0 Å². The maximum atomic E-state index is 13.0. The number of aryl methyl sites for hydroxylation is 1. The minimum absolute atomic E-state index is 0.0570. The van der Waals surface area contributed by atoms with Gasteiger partial charge >= 0.3 is 0 Å². The molecule has 4 rings (SSSR count). The van der Waals surface area contributed by atoms with Crippen molar-refractivity contribution in [3.63, 3.8) is 0 Å². The molecular formula is C24H33N3O3. The Morgan fingerprint density at radius 1 is 0.833 bits per heavy atom. The molecule has 30 heavy (non-hydrogen) atoms. The van der Waals surface area contributed by atoms with Crippen molar-refractivity contribution in [3.8, 4) is 0 Å². The van der Waals surface area contributed by atoms with Gasteiger partial charge in [0.1, 0.15) is 0 Å². The van der Waals surface area contributed by atoms with E-state index < -0.39 is 0 Å². The lowest BCUT2D eigenvalue weighted by atomic mass is 9.94. The van der Waals surface area contributed by atoms with Crippen LogP contribution in [0.25, 0.3) is 0 Å². The standard InChI is InChI=1S/C24H33N3O3/c28-22(11-8-18-5-2-1-3-6-18)25-21-12-15-26(16-13-21)24(30)20-7-4-14-27(17-20)23(29)19-9-10-19/h1-3,5-6,19-21H,4,7-17H2,(H,25,28). The SMILES string of the molecule is O=C(CCc1ccccc1)NC1CCN(C(=O)C2CCCN(C(=O)C3CC3)C2)CC1. The molecule has 1 atom stereocenters. The van der Waals surface area contributed by atoms with Gasteiger partial charge in [0, 0.05) is 44.6 Å². The molecule has 1 N–H and O–H groups in total. The van der Waals surface area contributed by atoms with Crippen molar-refractivity contribution >= 4 is 17.7 Å². The lowest BCUT2D eigenvalue weighted by molar-refractivity contribution is -0.142. The first kappa shape index (κ1) is 20.9. The second-order valence-electron chi connectivity index (χ2n) is 9.05. The van der Waals surface area contributed by atoms with Crippen molar-refractivity contribution in [1.82, 2.24) is 15.1 Å². The molecular weight excluding hydrogens is 378 g/mol. The van der Waals surface area contributed by atoms with Gasteiger partial charge in [0.15, 0.2) is 0 Å². The van der Waals surface area contributed by atoms with Gasteiger partial charge in [-0.15, -0.1) is 0 Å². The van der Waals surface area contributed by atoms with Crippen molar-refractivity contribution < 1.29 is 14.4 Å². The quantitative estimate of drug-likeness (QED) is 0.781. The first-order chi connectivity index (χ1) is 14.6. The Hall–Kier alpha value is -2.37. The number of rotatable bonds is 6. The number of nitrogens with one attached hydrogen (secondary N) is 1. The van der Waals surface area contributed by atoms with Crippen molar-refractivity contribution in [3.05, 3.63) is 35.9 Å². The summed E-state index contributed by atoms with van der Waals surface area (Å²) in [5.74, 6) is 0.699. The number of benzene rings is 1. The van der Waals surface area contributed by atoms with E-state index in [1.807, 2.05) is 40.1 Å². The second kappa shape index (κ2) is 9.63. The number of nitrogens with zero attached hydrogens (tertiary/aromatic N) is 2. The van der Waals surface area contributed by atoms with Gasteiger partial charge < -0.3 is 15.1 Å². The van der Waals surface area contributed by atoms with Crippen LogP contribution >= 0.6 is 0 Å². The largest absolute Gasteiger partial charge is 0.353 e. The highest BCUT2D eigenvalue weighted by Gasteiger charge is 2.38. The Kier molecular flexibility index (Phi) is 6.70. The molecule has 162 valence electrons. The summed E-state index contributed by atoms with van der Waals surface area (Å²) in [7, 11) is 0. The molecule has 3 amide bonds. The Labute approximate surface area is 179 Å². The number of likely N-dealkylation sites (tertiary alicyclic amines) is 2. The highest BCUT2D eigenvalue weighted by molar-refractivity contribution is 5.83. The lowest BCUT2D eigenvalue weighted by Gasteiger charge is -2.38. The molecule has 6 heteroatoms. The third kappa shape index (κ3) is 5.41. The highest BCUT2D eigenvalue weighted by atomic mass is 16.2. The molecule has 0 spiro atoms. The first-order valence-electron chi connectivity index (χ1n) is 11.5. The molecule has 3 aliphatic rings. The zero-order chi connectivity index (χ0) is 20.9. The van der Waals surface area contributed by atoms with Crippen LogP contribution in [0, 0.1) is 11.8 Å². The van der Waals surface area contributed by atoms with Crippen LogP contribution in [-0.2, 0) is 20.8 Å². The van der Waals surface area contributed by atoms with E-state index in [9.17, 15) is 14.4 Å². The first-order valence-corrected chi connectivity index (χ1v) is 11.5. The second-order valence-corrected chi connectivity index (χ2v) is 9.05. The van der Waals surface area contributed by atoms with Crippen LogP contribution in [0.3, 0.4) is 0 Å². The summed E-state index contributed by atoms with van der Waals surface area (Å²) < 4.78 is 0. The Balaban J connectivity index is 1.18. The highest BCUT2D eigenvalue weighted by Crippen LogP contribution is 2.33. The average molecular weight is 412 g/mol. The van der Waals surface area contributed by atoms with Crippen LogP contribution in [0.1, 0.15) is 50.5 Å². The van der Waals surface area contributed by atoms with Crippen LogP contribution in [-0.4, -0.2) is 59.7 Å². The maximum Gasteiger partial charge on any atom is 0.227 e.